The number of aromatic amines is 1. The monoisotopic (exact) mass is 233 g/mol. The average Bonchev–Trinajstić information content (AvgIpc) is 2.73. The lowest BCUT2D eigenvalue weighted by atomic mass is 10.1. The summed E-state index contributed by atoms with van der Waals surface area (Å²) in [6.45, 7) is 1.71. The molecular weight excluding hydrogens is 221 g/mol. The van der Waals surface area contributed by atoms with Crippen LogP contribution in [0.2, 0.25) is 0 Å². The molecule has 0 atom stereocenters. The summed E-state index contributed by atoms with van der Waals surface area (Å²) in [5.74, 6) is 0.460. The van der Waals surface area contributed by atoms with Crippen molar-refractivity contribution in [3.8, 4) is 17.0 Å². The Bertz CT molecular complexity index is 505. The summed E-state index contributed by atoms with van der Waals surface area (Å²) in [4.78, 5) is 0. The number of halogens is 1. The fourth-order valence-electron chi connectivity index (χ4n) is 1.71. The van der Waals surface area contributed by atoms with Crippen LogP contribution < -0.4 is 10.1 Å². The molecule has 1 aliphatic heterocycles. The highest BCUT2D eigenvalue weighted by molar-refractivity contribution is 5.65. The van der Waals surface area contributed by atoms with E-state index in [0.29, 0.717) is 5.75 Å². The van der Waals surface area contributed by atoms with Crippen LogP contribution in [0, 0.1) is 5.82 Å². The van der Waals surface area contributed by atoms with E-state index in [1.165, 1.54) is 12.1 Å². The minimum Gasteiger partial charge on any atom is -0.484 e. The molecule has 3 rings (SSSR count). The summed E-state index contributed by atoms with van der Waals surface area (Å²) < 4.78 is 18.6. The Kier molecular flexibility index (Phi) is 2.53. The molecule has 0 spiro atoms. The molecule has 0 bridgehead atoms. The third-order valence-electron chi connectivity index (χ3n) is 2.78. The van der Waals surface area contributed by atoms with Gasteiger partial charge in [-0.1, -0.05) is 0 Å². The summed E-state index contributed by atoms with van der Waals surface area (Å²) in [5.41, 5.74) is 1.66. The van der Waals surface area contributed by atoms with Crippen molar-refractivity contribution in [2.24, 2.45) is 0 Å². The largest absolute Gasteiger partial charge is 0.484 e. The third kappa shape index (κ3) is 2.01. The second kappa shape index (κ2) is 4.18. The van der Waals surface area contributed by atoms with Gasteiger partial charge < -0.3 is 10.1 Å². The standard InChI is InChI=1S/C12H12FN3O/c13-9-3-1-8(2-4-9)12-11(7-15-16-12)17-10-5-14-6-10/h1-4,7,10,14H,5-6H2,(H,15,16). The van der Waals surface area contributed by atoms with Gasteiger partial charge in [0.2, 0.25) is 0 Å². The molecular formula is C12H12FN3O. The van der Waals surface area contributed by atoms with Crippen molar-refractivity contribution in [3.05, 3.63) is 36.3 Å². The fraction of sp³-hybridized carbons (Fsp3) is 0.250. The van der Waals surface area contributed by atoms with Gasteiger partial charge in [-0.05, 0) is 24.3 Å². The zero-order valence-electron chi connectivity index (χ0n) is 9.11. The number of aromatic nitrogens is 2. The van der Waals surface area contributed by atoms with Gasteiger partial charge in [0, 0.05) is 18.7 Å². The fourth-order valence-corrected chi connectivity index (χ4v) is 1.71. The van der Waals surface area contributed by atoms with Gasteiger partial charge in [-0.15, -0.1) is 0 Å². The minimum atomic E-state index is -0.251. The molecule has 0 aliphatic carbocycles. The highest BCUT2D eigenvalue weighted by Crippen LogP contribution is 2.28. The van der Waals surface area contributed by atoms with Crippen LogP contribution in [0.25, 0.3) is 11.3 Å². The van der Waals surface area contributed by atoms with E-state index in [-0.39, 0.29) is 11.9 Å². The topological polar surface area (TPSA) is 49.9 Å². The van der Waals surface area contributed by atoms with Crippen LogP contribution in [0.15, 0.2) is 30.5 Å². The molecule has 0 radical (unpaired) electrons. The van der Waals surface area contributed by atoms with Crippen molar-refractivity contribution in [2.75, 3.05) is 13.1 Å². The molecule has 1 aromatic heterocycles. The number of rotatable bonds is 3. The summed E-state index contributed by atoms with van der Waals surface area (Å²) in [6, 6.07) is 6.25. The van der Waals surface area contributed by atoms with E-state index in [1.54, 1.807) is 18.3 Å². The molecule has 2 N–H and O–H groups in total. The smallest absolute Gasteiger partial charge is 0.165 e. The van der Waals surface area contributed by atoms with Crippen LogP contribution >= 0.6 is 0 Å². The van der Waals surface area contributed by atoms with Gasteiger partial charge in [-0.2, -0.15) is 5.10 Å². The summed E-state index contributed by atoms with van der Waals surface area (Å²) in [5, 5.41) is 9.98. The predicted molar refractivity (Wildman–Crippen MR) is 61.3 cm³/mol. The molecule has 2 heterocycles. The third-order valence-corrected chi connectivity index (χ3v) is 2.78. The van der Waals surface area contributed by atoms with E-state index >= 15 is 0 Å². The molecule has 4 nitrogen and oxygen atoms in total. The van der Waals surface area contributed by atoms with Gasteiger partial charge in [0.1, 0.15) is 17.6 Å². The van der Waals surface area contributed by atoms with E-state index < -0.39 is 0 Å². The highest BCUT2D eigenvalue weighted by atomic mass is 19.1. The quantitative estimate of drug-likeness (QED) is 0.846. The van der Waals surface area contributed by atoms with E-state index in [4.69, 9.17) is 4.74 Å². The molecule has 0 unspecified atom stereocenters. The van der Waals surface area contributed by atoms with E-state index in [1.807, 2.05) is 0 Å². The first-order chi connectivity index (χ1) is 8.33. The molecule has 1 aromatic carbocycles. The number of nitrogens with zero attached hydrogens (tertiary/aromatic N) is 1. The zero-order chi connectivity index (χ0) is 11.7. The Morgan fingerprint density at radius 3 is 2.65 bits per heavy atom. The second-order valence-corrected chi connectivity index (χ2v) is 4.01. The Labute approximate surface area is 97.8 Å². The number of ether oxygens (including phenoxy) is 1. The van der Waals surface area contributed by atoms with Gasteiger partial charge >= 0.3 is 0 Å². The predicted octanol–water partition coefficient (Wildman–Crippen LogP) is 1.57. The summed E-state index contributed by atoms with van der Waals surface area (Å²) >= 11 is 0. The Morgan fingerprint density at radius 1 is 1.24 bits per heavy atom. The first kappa shape index (κ1) is 10.3. The SMILES string of the molecule is Fc1ccc(-c2[nH]ncc2OC2CNC2)cc1. The van der Waals surface area contributed by atoms with Crippen LogP contribution in [-0.4, -0.2) is 29.4 Å². The first-order valence-electron chi connectivity index (χ1n) is 5.49. The number of nitrogens with one attached hydrogen (secondary N) is 2. The van der Waals surface area contributed by atoms with Crippen LogP contribution in [0.4, 0.5) is 4.39 Å². The van der Waals surface area contributed by atoms with Crippen molar-refractivity contribution >= 4 is 0 Å². The van der Waals surface area contributed by atoms with Crippen LogP contribution in [0.3, 0.4) is 0 Å². The maximum atomic E-state index is 12.8. The van der Waals surface area contributed by atoms with Crippen LogP contribution in [0.1, 0.15) is 0 Å². The van der Waals surface area contributed by atoms with Gasteiger partial charge in [-0.3, -0.25) is 5.10 Å². The summed E-state index contributed by atoms with van der Waals surface area (Å²) in [7, 11) is 0. The van der Waals surface area contributed by atoms with Crippen LogP contribution in [0.5, 0.6) is 5.75 Å². The van der Waals surface area contributed by atoms with Crippen molar-refractivity contribution in [3.63, 3.8) is 0 Å². The Hall–Kier alpha value is -1.88. The van der Waals surface area contributed by atoms with E-state index in [0.717, 1.165) is 24.3 Å². The van der Waals surface area contributed by atoms with Gasteiger partial charge in [0.15, 0.2) is 5.75 Å². The zero-order valence-corrected chi connectivity index (χ0v) is 9.11. The number of hydrogen-bond donors (Lipinski definition) is 2. The van der Waals surface area contributed by atoms with Gasteiger partial charge in [0.25, 0.3) is 0 Å². The molecule has 5 heteroatoms. The number of benzene rings is 1. The minimum absolute atomic E-state index is 0.201. The molecule has 0 amide bonds. The van der Waals surface area contributed by atoms with Gasteiger partial charge in [0.05, 0.1) is 6.20 Å². The molecule has 1 aliphatic rings. The number of H-pyrrole nitrogens is 1. The molecule has 1 fully saturated rings. The Balaban J connectivity index is 1.86. The lowest BCUT2D eigenvalue weighted by Gasteiger charge is -2.27. The lowest BCUT2D eigenvalue weighted by molar-refractivity contribution is 0.143. The van der Waals surface area contributed by atoms with E-state index in [2.05, 4.69) is 15.5 Å². The molecule has 2 aromatic rings. The normalized spacial score (nSPS) is 15.6. The Morgan fingerprint density at radius 2 is 2.00 bits per heavy atom. The molecule has 17 heavy (non-hydrogen) atoms. The highest BCUT2D eigenvalue weighted by Gasteiger charge is 2.20. The number of hydrogen-bond acceptors (Lipinski definition) is 3. The summed E-state index contributed by atoms with van der Waals surface area (Å²) in [6.07, 6.45) is 1.85. The van der Waals surface area contributed by atoms with Crippen LogP contribution in [-0.2, 0) is 0 Å². The van der Waals surface area contributed by atoms with Crippen molar-refractivity contribution in [1.29, 1.82) is 0 Å². The van der Waals surface area contributed by atoms with Crippen molar-refractivity contribution in [2.45, 2.75) is 6.10 Å². The average molecular weight is 233 g/mol. The first-order valence-corrected chi connectivity index (χ1v) is 5.49. The lowest BCUT2D eigenvalue weighted by Crippen LogP contribution is -2.50. The van der Waals surface area contributed by atoms with Crippen molar-refractivity contribution < 1.29 is 9.13 Å². The maximum absolute atomic E-state index is 12.8. The molecule has 0 saturated carbocycles. The van der Waals surface area contributed by atoms with E-state index in [9.17, 15) is 4.39 Å². The molecule has 88 valence electrons. The molecule has 1 saturated heterocycles. The van der Waals surface area contributed by atoms with Crippen molar-refractivity contribution in [1.82, 2.24) is 15.5 Å². The maximum Gasteiger partial charge on any atom is 0.165 e. The van der Waals surface area contributed by atoms with Gasteiger partial charge in [-0.25, -0.2) is 4.39 Å². The second-order valence-electron chi connectivity index (χ2n) is 4.01.